The molecule has 0 spiro atoms. The molecule has 3 aromatic heterocycles. The number of pyridine rings is 1. The number of Topliss-reactive ketones (excluding diaryl/α,β-unsaturated/α-hetero) is 1. The molecular weight excluding hydrogens is 584 g/mol. The van der Waals surface area contributed by atoms with Crippen LogP contribution in [-0.4, -0.2) is 51.4 Å². The number of carbonyl (C=O) groups excluding carboxylic acids is 1. The van der Waals surface area contributed by atoms with Crippen molar-refractivity contribution in [3.63, 3.8) is 0 Å². The molecule has 2 aliphatic carbocycles. The fraction of sp³-hybridized carbons (Fsp3) is 0.333. The Morgan fingerprint density at radius 2 is 1.91 bits per heavy atom. The number of fused-ring (bicyclic) bond motifs is 2. The Hall–Kier alpha value is -3.97. The third kappa shape index (κ3) is 5.24. The van der Waals surface area contributed by atoms with E-state index < -0.39 is 33.9 Å². The van der Waals surface area contributed by atoms with Gasteiger partial charge in [0.2, 0.25) is 0 Å². The average Bonchev–Trinajstić information content (AvgIpc) is 3.61. The van der Waals surface area contributed by atoms with Crippen molar-refractivity contribution in [2.45, 2.75) is 49.9 Å². The Labute approximate surface area is 247 Å². The summed E-state index contributed by atoms with van der Waals surface area (Å²) in [5, 5.41) is 9.24. The predicted molar refractivity (Wildman–Crippen MR) is 151 cm³/mol. The second-order valence-corrected chi connectivity index (χ2v) is 12.2. The second-order valence-electron chi connectivity index (χ2n) is 10.8. The lowest BCUT2D eigenvalue weighted by Gasteiger charge is -2.46. The Kier molecular flexibility index (Phi) is 7.41. The van der Waals surface area contributed by atoms with E-state index >= 15 is 0 Å². The third-order valence-corrected chi connectivity index (χ3v) is 9.82. The van der Waals surface area contributed by atoms with Crippen LogP contribution in [0.1, 0.15) is 53.5 Å². The molecule has 0 radical (unpaired) electrons. The van der Waals surface area contributed by atoms with Gasteiger partial charge in [0.05, 0.1) is 28.6 Å². The number of nitrogens with zero attached hydrogens (tertiary/aromatic N) is 6. The van der Waals surface area contributed by atoms with E-state index in [9.17, 15) is 26.6 Å². The summed E-state index contributed by atoms with van der Waals surface area (Å²) in [7, 11) is 0.157. The van der Waals surface area contributed by atoms with Gasteiger partial charge in [-0.3, -0.25) is 14.5 Å². The first-order valence-corrected chi connectivity index (χ1v) is 14.9. The van der Waals surface area contributed by atoms with Gasteiger partial charge in [0.25, 0.3) is 0 Å². The van der Waals surface area contributed by atoms with Crippen molar-refractivity contribution in [3.05, 3.63) is 95.0 Å². The van der Waals surface area contributed by atoms with Crippen molar-refractivity contribution < 1.29 is 26.6 Å². The number of carbonyl (C=O) groups is 1. The molecule has 1 fully saturated rings. The molecule has 3 heterocycles. The standard InChI is InChI=1S/C30H28F4N6O2S/c1-3-39(43(42)27-12-13-38(2)37-27)24-8-4-20-14-26-19(17-36-40(26)23-9-6-22(31)7-10-23)15-29(20,16-24)28(41)25-11-5-21(18-35-25)30(32,33)34/h5-7,9-14,17-18,24H,3-4,8,15-16H2,1-2H3. The van der Waals surface area contributed by atoms with Gasteiger partial charge in [0, 0.05) is 32.0 Å². The number of halogens is 4. The van der Waals surface area contributed by atoms with Crippen LogP contribution in [0.2, 0.25) is 0 Å². The molecular formula is C30H28F4N6O2S. The summed E-state index contributed by atoms with van der Waals surface area (Å²) < 4.78 is 72.1. The van der Waals surface area contributed by atoms with Crippen LogP contribution < -0.4 is 0 Å². The molecule has 0 amide bonds. The van der Waals surface area contributed by atoms with Crippen molar-refractivity contribution >= 4 is 22.8 Å². The van der Waals surface area contributed by atoms with E-state index in [2.05, 4.69) is 15.2 Å². The van der Waals surface area contributed by atoms with Crippen LogP contribution in [0.25, 0.3) is 11.8 Å². The fourth-order valence-electron chi connectivity index (χ4n) is 6.18. The number of hydrogen-bond donors (Lipinski definition) is 0. The number of hydrogen-bond acceptors (Lipinski definition) is 5. The van der Waals surface area contributed by atoms with Crippen LogP contribution in [0.3, 0.4) is 0 Å². The fourth-order valence-corrected chi connectivity index (χ4v) is 7.48. The zero-order chi connectivity index (χ0) is 30.5. The molecule has 224 valence electrons. The molecule has 0 N–H and O–H groups in total. The highest BCUT2D eigenvalue weighted by Crippen LogP contribution is 2.51. The lowest BCUT2D eigenvalue weighted by atomic mass is 9.60. The van der Waals surface area contributed by atoms with Crippen LogP contribution in [0.15, 0.2) is 71.7 Å². The first-order chi connectivity index (χ1) is 20.5. The van der Waals surface area contributed by atoms with Gasteiger partial charge < -0.3 is 0 Å². The Morgan fingerprint density at radius 3 is 2.53 bits per heavy atom. The number of allylic oxidation sites excluding steroid dienone is 1. The van der Waals surface area contributed by atoms with Gasteiger partial charge in [-0.25, -0.2) is 17.6 Å². The smallest absolute Gasteiger partial charge is 0.291 e. The molecule has 1 saturated carbocycles. The molecule has 13 heteroatoms. The summed E-state index contributed by atoms with van der Waals surface area (Å²) >= 11 is 0. The SMILES string of the molecule is CCN(C1CCC2=Cc3c(cnn3-c3ccc(F)cc3)CC2(C(=O)c2ccc(C(F)(F)F)cn2)C1)S(=O)c1ccn(C)n1. The van der Waals surface area contributed by atoms with E-state index in [0.717, 1.165) is 29.0 Å². The average molecular weight is 613 g/mol. The van der Waals surface area contributed by atoms with Gasteiger partial charge in [0.15, 0.2) is 10.8 Å². The summed E-state index contributed by atoms with van der Waals surface area (Å²) in [6.45, 7) is 2.33. The molecule has 0 aliphatic heterocycles. The minimum absolute atomic E-state index is 0.0668. The number of aryl methyl sites for hydroxylation is 1. The molecule has 4 aromatic rings. The summed E-state index contributed by atoms with van der Waals surface area (Å²) in [4.78, 5) is 18.3. The maximum Gasteiger partial charge on any atom is 0.417 e. The molecule has 2 aliphatic rings. The van der Waals surface area contributed by atoms with E-state index in [1.807, 2.05) is 17.3 Å². The summed E-state index contributed by atoms with van der Waals surface area (Å²) in [5.41, 5.74) is 0.846. The summed E-state index contributed by atoms with van der Waals surface area (Å²) in [6, 6.07) is 9.32. The highest BCUT2D eigenvalue weighted by atomic mass is 32.2. The monoisotopic (exact) mass is 612 g/mol. The Bertz CT molecular complexity index is 1730. The predicted octanol–water partition coefficient (Wildman–Crippen LogP) is 5.56. The summed E-state index contributed by atoms with van der Waals surface area (Å²) in [5.74, 6) is -0.768. The van der Waals surface area contributed by atoms with E-state index in [-0.39, 0.29) is 30.4 Å². The normalized spacial score (nSPS) is 20.8. The number of benzene rings is 1. The zero-order valence-corrected chi connectivity index (χ0v) is 24.2. The van der Waals surface area contributed by atoms with Crippen LogP contribution in [0, 0.1) is 11.2 Å². The molecule has 3 atom stereocenters. The zero-order valence-electron chi connectivity index (χ0n) is 23.4. The lowest BCUT2D eigenvalue weighted by Crippen LogP contribution is -2.49. The number of ketones is 1. The Morgan fingerprint density at radius 1 is 1.14 bits per heavy atom. The maximum atomic E-state index is 14.4. The molecule has 0 bridgehead atoms. The van der Waals surface area contributed by atoms with E-state index in [1.54, 1.807) is 47.0 Å². The van der Waals surface area contributed by atoms with Crippen LogP contribution in [0.5, 0.6) is 0 Å². The van der Waals surface area contributed by atoms with Crippen molar-refractivity contribution in [3.8, 4) is 5.69 Å². The van der Waals surface area contributed by atoms with Gasteiger partial charge in [-0.15, -0.1) is 0 Å². The topological polar surface area (TPSA) is 85.9 Å². The van der Waals surface area contributed by atoms with Crippen molar-refractivity contribution in [1.82, 2.24) is 28.9 Å². The van der Waals surface area contributed by atoms with E-state index in [4.69, 9.17) is 0 Å². The quantitative estimate of drug-likeness (QED) is 0.201. The van der Waals surface area contributed by atoms with Crippen molar-refractivity contribution in [2.24, 2.45) is 12.5 Å². The number of rotatable bonds is 7. The van der Waals surface area contributed by atoms with Gasteiger partial charge >= 0.3 is 6.18 Å². The summed E-state index contributed by atoms with van der Waals surface area (Å²) in [6.07, 6.45) is 3.01. The molecule has 1 aromatic carbocycles. The molecule has 8 nitrogen and oxygen atoms in total. The van der Waals surface area contributed by atoms with Gasteiger partial charge in [0.1, 0.15) is 22.5 Å². The first-order valence-electron chi connectivity index (χ1n) is 13.8. The lowest BCUT2D eigenvalue weighted by molar-refractivity contribution is -0.137. The van der Waals surface area contributed by atoms with E-state index in [1.165, 1.54) is 12.1 Å². The number of alkyl halides is 3. The second kappa shape index (κ2) is 10.9. The molecule has 0 saturated heterocycles. The van der Waals surface area contributed by atoms with Gasteiger partial charge in [-0.05, 0) is 79.8 Å². The van der Waals surface area contributed by atoms with Crippen LogP contribution in [-0.2, 0) is 30.6 Å². The molecule has 3 unspecified atom stereocenters. The van der Waals surface area contributed by atoms with Gasteiger partial charge in [-0.1, -0.05) is 12.5 Å². The van der Waals surface area contributed by atoms with E-state index in [0.29, 0.717) is 36.3 Å². The van der Waals surface area contributed by atoms with Crippen LogP contribution in [0.4, 0.5) is 17.6 Å². The maximum absolute atomic E-state index is 14.4. The Balaban J connectivity index is 1.41. The van der Waals surface area contributed by atoms with Gasteiger partial charge in [-0.2, -0.15) is 23.4 Å². The van der Waals surface area contributed by atoms with Crippen LogP contribution >= 0.6 is 0 Å². The minimum atomic E-state index is -4.58. The molecule has 43 heavy (non-hydrogen) atoms. The largest absolute Gasteiger partial charge is 0.417 e. The highest BCUT2D eigenvalue weighted by Gasteiger charge is 2.51. The minimum Gasteiger partial charge on any atom is -0.291 e. The van der Waals surface area contributed by atoms with Crippen molar-refractivity contribution in [1.29, 1.82) is 0 Å². The third-order valence-electron chi connectivity index (χ3n) is 8.26. The first kappa shape index (κ1) is 29.1. The van der Waals surface area contributed by atoms with Crippen molar-refractivity contribution in [2.75, 3.05) is 6.54 Å². The molecule has 6 rings (SSSR count). The number of aromatic nitrogens is 5. The highest BCUT2D eigenvalue weighted by molar-refractivity contribution is 7.82.